The number of hydrogen-bond acceptors (Lipinski definition) is 9. The number of rotatable bonds is 9. The lowest BCUT2D eigenvalue weighted by atomic mass is 10.1. The maximum atomic E-state index is 12.7. The van der Waals surface area contributed by atoms with Gasteiger partial charge in [-0.3, -0.25) is 14.3 Å². The molecule has 1 fully saturated rings. The maximum absolute atomic E-state index is 12.7. The summed E-state index contributed by atoms with van der Waals surface area (Å²) in [6, 6.07) is 17.4. The van der Waals surface area contributed by atoms with E-state index in [9.17, 15) is 24.3 Å². The molecule has 37 heavy (non-hydrogen) atoms. The van der Waals surface area contributed by atoms with Crippen LogP contribution >= 0.6 is 0 Å². The van der Waals surface area contributed by atoms with Gasteiger partial charge in [-0.2, -0.15) is 0 Å². The fraction of sp³-hybridized carbons (Fsp3) is 0.308. The van der Waals surface area contributed by atoms with Gasteiger partial charge in [0.25, 0.3) is 5.56 Å². The summed E-state index contributed by atoms with van der Waals surface area (Å²) in [5, 5.41) is 10.7. The van der Waals surface area contributed by atoms with Gasteiger partial charge in [0.1, 0.15) is 18.4 Å². The van der Waals surface area contributed by atoms with E-state index in [-0.39, 0.29) is 24.2 Å². The number of aryl methyl sites for hydroxylation is 1. The zero-order valence-corrected chi connectivity index (χ0v) is 19.9. The molecule has 0 radical (unpaired) electrons. The SMILES string of the molecule is Cc1cn([C@H]2C[C@H](OC(=O)c3ccccc3)[C@@H](C(O)C(=O)OCOCc3ccccc3)O2)c(=O)[nH]c1=O. The minimum atomic E-state index is -1.85. The summed E-state index contributed by atoms with van der Waals surface area (Å²) in [6.45, 7) is 1.28. The molecule has 0 spiro atoms. The van der Waals surface area contributed by atoms with E-state index in [1.54, 1.807) is 30.3 Å². The summed E-state index contributed by atoms with van der Waals surface area (Å²) in [6.07, 6.45) is -4.10. The minimum Gasteiger partial charge on any atom is -0.456 e. The molecule has 1 unspecified atom stereocenters. The zero-order chi connectivity index (χ0) is 26.4. The monoisotopic (exact) mass is 510 g/mol. The van der Waals surface area contributed by atoms with E-state index >= 15 is 0 Å². The van der Waals surface area contributed by atoms with E-state index in [4.69, 9.17) is 18.9 Å². The van der Waals surface area contributed by atoms with Crippen LogP contribution in [0.15, 0.2) is 76.4 Å². The van der Waals surface area contributed by atoms with Crippen molar-refractivity contribution >= 4 is 11.9 Å². The van der Waals surface area contributed by atoms with Crippen LogP contribution in [0.4, 0.5) is 0 Å². The van der Waals surface area contributed by atoms with Crippen molar-refractivity contribution in [1.29, 1.82) is 0 Å². The highest BCUT2D eigenvalue weighted by Crippen LogP contribution is 2.32. The van der Waals surface area contributed by atoms with Crippen molar-refractivity contribution in [3.05, 3.63) is 104 Å². The zero-order valence-electron chi connectivity index (χ0n) is 19.9. The average Bonchev–Trinajstić information content (AvgIpc) is 3.32. The first-order valence-electron chi connectivity index (χ1n) is 11.5. The summed E-state index contributed by atoms with van der Waals surface area (Å²) in [5.41, 5.74) is 0.0754. The molecular weight excluding hydrogens is 484 g/mol. The largest absolute Gasteiger partial charge is 0.456 e. The number of aliphatic hydroxyl groups is 1. The van der Waals surface area contributed by atoms with E-state index in [1.165, 1.54) is 13.1 Å². The predicted octanol–water partition coefficient (Wildman–Crippen LogP) is 1.44. The van der Waals surface area contributed by atoms with Crippen LogP contribution in [-0.4, -0.2) is 51.7 Å². The Morgan fingerprint density at radius 2 is 1.78 bits per heavy atom. The molecule has 1 aliphatic heterocycles. The number of carbonyl (C=O) groups excluding carboxylic acids is 2. The number of nitrogens with one attached hydrogen (secondary N) is 1. The molecule has 11 nitrogen and oxygen atoms in total. The molecule has 0 saturated carbocycles. The van der Waals surface area contributed by atoms with Crippen molar-refractivity contribution in [3.63, 3.8) is 0 Å². The Labute approximate surface area is 211 Å². The summed E-state index contributed by atoms with van der Waals surface area (Å²) >= 11 is 0. The lowest BCUT2D eigenvalue weighted by Crippen LogP contribution is -2.43. The smallest absolute Gasteiger partial charge is 0.339 e. The molecule has 2 heterocycles. The van der Waals surface area contributed by atoms with E-state index in [0.29, 0.717) is 0 Å². The second-order valence-corrected chi connectivity index (χ2v) is 8.44. The fourth-order valence-electron chi connectivity index (χ4n) is 3.86. The molecule has 4 rings (SSSR count). The molecule has 1 aromatic heterocycles. The molecule has 1 aliphatic rings. The number of aromatic amines is 1. The van der Waals surface area contributed by atoms with Gasteiger partial charge in [0.15, 0.2) is 12.9 Å². The fourth-order valence-corrected chi connectivity index (χ4v) is 3.86. The van der Waals surface area contributed by atoms with Gasteiger partial charge in [0, 0.05) is 18.2 Å². The standard InChI is InChI=1S/C26H26N2O9/c1-16-13-28(26(33)27-23(16)30)20-12-19(36-24(31)18-10-6-3-7-11-18)22(37-20)21(29)25(32)35-15-34-14-17-8-4-2-5-9-17/h2-11,13,19-22,29H,12,14-15H2,1H3,(H,27,30,33)/t19-,20+,21?,22-/m0/s1. The molecule has 3 aromatic rings. The highest BCUT2D eigenvalue weighted by molar-refractivity contribution is 5.89. The lowest BCUT2D eigenvalue weighted by Gasteiger charge is -2.22. The molecule has 1 saturated heterocycles. The van der Waals surface area contributed by atoms with Crippen LogP contribution in [0.1, 0.15) is 34.1 Å². The van der Waals surface area contributed by atoms with E-state index < -0.39 is 54.5 Å². The third kappa shape index (κ3) is 6.39. The Hall–Kier alpha value is -4.06. The summed E-state index contributed by atoms with van der Waals surface area (Å²) in [5.74, 6) is -1.75. The van der Waals surface area contributed by atoms with Crippen LogP contribution in [0, 0.1) is 6.92 Å². The predicted molar refractivity (Wildman–Crippen MR) is 128 cm³/mol. The number of H-pyrrole nitrogens is 1. The van der Waals surface area contributed by atoms with Gasteiger partial charge in [-0.05, 0) is 24.6 Å². The lowest BCUT2D eigenvalue weighted by molar-refractivity contribution is -0.179. The van der Waals surface area contributed by atoms with Crippen molar-refractivity contribution in [1.82, 2.24) is 9.55 Å². The summed E-state index contributed by atoms with van der Waals surface area (Å²) in [4.78, 5) is 51.6. The molecule has 194 valence electrons. The van der Waals surface area contributed by atoms with Crippen molar-refractivity contribution in [2.75, 3.05) is 6.79 Å². The first-order valence-corrected chi connectivity index (χ1v) is 11.5. The third-order valence-electron chi connectivity index (χ3n) is 5.79. The molecular formula is C26H26N2O9. The quantitative estimate of drug-likeness (QED) is 0.248. The Kier molecular flexibility index (Phi) is 8.29. The van der Waals surface area contributed by atoms with Crippen LogP contribution in [0.5, 0.6) is 0 Å². The van der Waals surface area contributed by atoms with Crippen LogP contribution < -0.4 is 11.2 Å². The van der Waals surface area contributed by atoms with Crippen molar-refractivity contribution in [2.24, 2.45) is 0 Å². The number of nitrogens with zero attached hydrogens (tertiary/aromatic N) is 1. The summed E-state index contributed by atoms with van der Waals surface area (Å²) in [7, 11) is 0. The van der Waals surface area contributed by atoms with Gasteiger partial charge in [-0.15, -0.1) is 0 Å². The topological polar surface area (TPSA) is 146 Å². The molecule has 0 aliphatic carbocycles. The number of aliphatic hydroxyl groups excluding tert-OH is 1. The number of aromatic nitrogens is 2. The number of esters is 2. The minimum absolute atomic E-state index is 0.0660. The highest BCUT2D eigenvalue weighted by Gasteiger charge is 2.46. The first kappa shape index (κ1) is 26.0. The number of carbonyl (C=O) groups is 2. The summed E-state index contributed by atoms with van der Waals surface area (Å²) < 4.78 is 22.8. The number of hydrogen-bond donors (Lipinski definition) is 2. The molecule has 2 aromatic carbocycles. The van der Waals surface area contributed by atoms with Crippen LogP contribution in [0.25, 0.3) is 0 Å². The van der Waals surface area contributed by atoms with Gasteiger partial charge in [0.2, 0.25) is 0 Å². The van der Waals surface area contributed by atoms with Gasteiger partial charge in [-0.25, -0.2) is 14.4 Å². The van der Waals surface area contributed by atoms with Gasteiger partial charge in [0.05, 0.1) is 12.2 Å². The number of benzene rings is 2. The van der Waals surface area contributed by atoms with Gasteiger partial charge in [-0.1, -0.05) is 48.5 Å². The van der Waals surface area contributed by atoms with Crippen LogP contribution in [0.3, 0.4) is 0 Å². The van der Waals surface area contributed by atoms with Gasteiger partial charge < -0.3 is 24.1 Å². The van der Waals surface area contributed by atoms with E-state index in [1.807, 2.05) is 30.3 Å². The van der Waals surface area contributed by atoms with Crippen molar-refractivity contribution in [2.45, 2.75) is 44.5 Å². The second kappa shape index (κ2) is 11.8. The third-order valence-corrected chi connectivity index (χ3v) is 5.79. The molecule has 0 amide bonds. The molecule has 0 bridgehead atoms. The van der Waals surface area contributed by atoms with E-state index in [2.05, 4.69) is 4.98 Å². The van der Waals surface area contributed by atoms with E-state index in [0.717, 1.165) is 10.1 Å². The van der Waals surface area contributed by atoms with Crippen LogP contribution in [-0.2, 0) is 30.3 Å². The maximum Gasteiger partial charge on any atom is 0.339 e. The van der Waals surface area contributed by atoms with Crippen molar-refractivity contribution < 1.29 is 33.6 Å². The Morgan fingerprint density at radius 1 is 1.11 bits per heavy atom. The molecule has 2 N–H and O–H groups in total. The van der Waals surface area contributed by atoms with Crippen molar-refractivity contribution in [3.8, 4) is 0 Å². The molecule has 4 atom stereocenters. The van der Waals surface area contributed by atoms with Crippen LogP contribution in [0.2, 0.25) is 0 Å². The highest BCUT2D eigenvalue weighted by atomic mass is 16.7. The van der Waals surface area contributed by atoms with Gasteiger partial charge >= 0.3 is 17.6 Å². The normalized spacial score (nSPS) is 19.8. The Balaban J connectivity index is 1.46. The number of ether oxygens (including phenoxy) is 4. The Bertz CT molecular complexity index is 1340. The Morgan fingerprint density at radius 3 is 2.49 bits per heavy atom. The molecule has 11 heteroatoms. The average molecular weight is 510 g/mol. The first-order chi connectivity index (χ1) is 17.8. The second-order valence-electron chi connectivity index (χ2n) is 8.44.